The highest BCUT2D eigenvalue weighted by Crippen LogP contribution is 2.21. The van der Waals surface area contributed by atoms with Gasteiger partial charge in [-0.2, -0.15) is 0 Å². The maximum Gasteiger partial charge on any atom is 0.196 e. The number of nitrogens with zero attached hydrogens (tertiary/aromatic N) is 1. The monoisotopic (exact) mass is 292 g/mol. The number of morpholine rings is 1. The van der Waals surface area contributed by atoms with Gasteiger partial charge >= 0.3 is 0 Å². The fourth-order valence-corrected chi connectivity index (χ4v) is 3.10. The summed E-state index contributed by atoms with van der Waals surface area (Å²) in [6, 6.07) is -0.215. The number of aromatic nitrogens is 1. The van der Waals surface area contributed by atoms with Gasteiger partial charge in [-0.05, 0) is 40.2 Å². The Hall–Kier alpha value is -1.46. The minimum atomic E-state index is -0.215. The summed E-state index contributed by atoms with van der Waals surface area (Å²) in [5, 5.41) is 0. The van der Waals surface area contributed by atoms with Crippen LogP contribution < -0.4 is 0 Å². The molecule has 2 atom stereocenters. The van der Waals surface area contributed by atoms with E-state index in [-0.39, 0.29) is 23.7 Å². The lowest BCUT2D eigenvalue weighted by Gasteiger charge is -2.34. The van der Waals surface area contributed by atoms with Gasteiger partial charge in [-0.1, -0.05) is 0 Å². The highest BCUT2D eigenvalue weighted by molar-refractivity contribution is 6.05. The Balaban J connectivity index is 2.23. The topological polar surface area (TPSA) is 62.4 Å². The third-order valence-corrected chi connectivity index (χ3v) is 4.24. The van der Waals surface area contributed by atoms with E-state index in [1.54, 1.807) is 0 Å². The van der Waals surface area contributed by atoms with Gasteiger partial charge in [0.25, 0.3) is 0 Å². The summed E-state index contributed by atoms with van der Waals surface area (Å²) in [5.41, 5.74) is 2.73. The van der Waals surface area contributed by atoms with E-state index in [1.165, 1.54) is 6.92 Å². The van der Waals surface area contributed by atoms with Gasteiger partial charge in [0.1, 0.15) is 0 Å². The molecule has 1 aliphatic heterocycles. The van der Waals surface area contributed by atoms with Crippen molar-refractivity contribution in [3.8, 4) is 0 Å². The largest absolute Gasteiger partial charge is 0.376 e. The maximum absolute atomic E-state index is 12.7. The SMILES string of the molecule is CC(=O)c1c(C)[nH]c(C(=O)[C@H](C)N2CCO[C@H](C)C2)c1C. The van der Waals surface area contributed by atoms with Crippen molar-refractivity contribution in [1.29, 1.82) is 0 Å². The molecule has 21 heavy (non-hydrogen) atoms. The molecular formula is C16H24N2O3. The molecule has 0 amide bonds. The molecule has 0 spiro atoms. The Morgan fingerprint density at radius 3 is 2.57 bits per heavy atom. The molecule has 0 radical (unpaired) electrons. The molecule has 2 heterocycles. The van der Waals surface area contributed by atoms with Crippen molar-refractivity contribution in [2.24, 2.45) is 0 Å². The van der Waals surface area contributed by atoms with Crippen molar-refractivity contribution in [2.45, 2.75) is 46.8 Å². The zero-order chi connectivity index (χ0) is 15.7. The second kappa shape index (κ2) is 6.12. The molecule has 1 aromatic rings. The number of rotatable bonds is 4. The second-order valence-electron chi connectivity index (χ2n) is 5.90. The van der Waals surface area contributed by atoms with E-state index in [1.807, 2.05) is 27.7 Å². The number of hydrogen-bond acceptors (Lipinski definition) is 4. The fourth-order valence-electron chi connectivity index (χ4n) is 3.10. The van der Waals surface area contributed by atoms with Crippen molar-refractivity contribution in [3.63, 3.8) is 0 Å². The van der Waals surface area contributed by atoms with Gasteiger partial charge in [-0.25, -0.2) is 0 Å². The quantitative estimate of drug-likeness (QED) is 0.864. The van der Waals surface area contributed by atoms with Crippen LogP contribution >= 0.6 is 0 Å². The Morgan fingerprint density at radius 2 is 2.05 bits per heavy atom. The van der Waals surface area contributed by atoms with Crippen LogP contribution in [0.3, 0.4) is 0 Å². The number of Topliss-reactive ketones (excluding diaryl/α,β-unsaturated/α-hetero) is 2. The number of nitrogens with one attached hydrogen (secondary N) is 1. The summed E-state index contributed by atoms with van der Waals surface area (Å²) < 4.78 is 5.52. The molecule has 5 nitrogen and oxygen atoms in total. The summed E-state index contributed by atoms with van der Waals surface area (Å²) in [6.45, 7) is 11.3. The Labute approximate surface area is 125 Å². The van der Waals surface area contributed by atoms with E-state index in [4.69, 9.17) is 4.74 Å². The van der Waals surface area contributed by atoms with Crippen LogP contribution in [0.5, 0.6) is 0 Å². The zero-order valence-electron chi connectivity index (χ0n) is 13.4. The van der Waals surface area contributed by atoms with Crippen molar-refractivity contribution in [2.75, 3.05) is 19.7 Å². The molecule has 0 saturated carbocycles. The number of carbonyl (C=O) groups is 2. The molecule has 0 bridgehead atoms. The normalized spacial score (nSPS) is 21.3. The van der Waals surface area contributed by atoms with E-state index in [9.17, 15) is 9.59 Å². The molecule has 5 heteroatoms. The summed E-state index contributed by atoms with van der Waals surface area (Å²) in [4.78, 5) is 29.6. The summed E-state index contributed by atoms with van der Waals surface area (Å²) >= 11 is 0. The van der Waals surface area contributed by atoms with Crippen molar-refractivity contribution >= 4 is 11.6 Å². The molecule has 0 aliphatic carbocycles. The maximum atomic E-state index is 12.7. The van der Waals surface area contributed by atoms with Gasteiger partial charge in [0, 0.05) is 24.3 Å². The van der Waals surface area contributed by atoms with E-state index < -0.39 is 0 Å². The molecule has 0 unspecified atom stereocenters. The third-order valence-electron chi connectivity index (χ3n) is 4.24. The fraction of sp³-hybridized carbons (Fsp3) is 0.625. The lowest BCUT2D eigenvalue weighted by Crippen LogP contribution is -2.48. The number of hydrogen-bond donors (Lipinski definition) is 1. The standard InChI is InChI=1S/C16H24N2O3/c1-9-8-18(6-7-21-9)12(4)16(20)15-10(2)14(13(5)19)11(3)17-15/h9,12,17H,6-8H2,1-5H3/t9-,12+/m1/s1. The van der Waals surface area contributed by atoms with Crippen LogP contribution in [-0.4, -0.2) is 53.3 Å². The predicted molar refractivity (Wildman–Crippen MR) is 81.1 cm³/mol. The smallest absolute Gasteiger partial charge is 0.196 e. The highest BCUT2D eigenvalue weighted by Gasteiger charge is 2.29. The molecule has 0 aromatic carbocycles. The van der Waals surface area contributed by atoms with Crippen LogP contribution in [0.4, 0.5) is 0 Å². The first-order valence-electron chi connectivity index (χ1n) is 7.42. The number of aryl methyl sites for hydroxylation is 1. The van der Waals surface area contributed by atoms with Crippen LogP contribution in [0.1, 0.15) is 52.9 Å². The molecule has 1 N–H and O–H groups in total. The second-order valence-corrected chi connectivity index (χ2v) is 5.90. The zero-order valence-corrected chi connectivity index (χ0v) is 13.4. The van der Waals surface area contributed by atoms with Crippen LogP contribution in [0.25, 0.3) is 0 Å². The summed E-state index contributed by atoms with van der Waals surface area (Å²) in [5.74, 6) is 0.0325. The van der Waals surface area contributed by atoms with Gasteiger partial charge in [0.2, 0.25) is 0 Å². The molecule has 1 fully saturated rings. The minimum Gasteiger partial charge on any atom is -0.376 e. The number of carbonyl (C=O) groups excluding carboxylic acids is 2. The Kier molecular flexibility index (Phi) is 4.64. The first kappa shape index (κ1) is 15.9. The summed E-state index contributed by atoms with van der Waals surface area (Å²) in [7, 11) is 0. The number of ether oxygens (including phenoxy) is 1. The van der Waals surface area contributed by atoms with Crippen LogP contribution in [0.2, 0.25) is 0 Å². The average molecular weight is 292 g/mol. The van der Waals surface area contributed by atoms with E-state index >= 15 is 0 Å². The van der Waals surface area contributed by atoms with Crippen LogP contribution in [0, 0.1) is 13.8 Å². The lowest BCUT2D eigenvalue weighted by atomic mass is 10.0. The molecule has 116 valence electrons. The Morgan fingerprint density at radius 1 is 1.38 bits per heavy atom. The van der Waals surface area contributed by atoms with Crippen molar-refractivity contribution in [1.82, 2.24) is 9.88 Å². The van der Waals surface area contributed by atoms with E-state index in [0.29, 0.717) is 17.9 Å². The van der Waals surface area contributed by atoms with Gasteiger partial charge in [-0.15, -0.1) is 0 Å². The van der Waals surface area contributed by atoms with Crippen LogP contribution in [0.15, 0.2) is 0 Å². The van der Waals surface area contributed by atoms with Gasteiger partial charge in [0.15, 0.2) is 11.6 Å². The highest BCUT2D eigenvalue weighted by atomic mass is 16.5. The van der Waals surface area contributed by atoms with Crippen LogP contribution in [-0.2, 0) is 4.74 Å². The van der Waals surface area contributed by atoms with Gasteiger partial charge in [0.05, 0.1) is 24.4 Å². The number of ketones is 2. The van der Waals surface area contributed by atoms with Crippen molar-refractivity contribution < 1.29 is 14.3 Å². The molecule has 2 rings (SSSR count). The predicted octanol–water partition coefficient (Wildman–Crippen LogP) is 2.13. The van der Waals surface area contributed by atoms with Gasteiger partial charge < -0.3 is 9.72 Å². The van der Waals surface area contributed by atoms with E-state index in [2.05, 4.69) is 9.88 Å². The first-order valence-corrected chi connectivity index (χ1v) is 7.42. The van der Waals surface area contributed by atoms with Gasteiger partial charge in [-0.3, -0.25) is 14.5 Å². The molecular weight excluding hydrogens is 268 g/mol. The molecule has 1 aliphatic rings. The Bertz CT molecular complexity index is 562. The average Bonchev–Trinajstić information content (AvgIpc) is 2.72. The van der Waals surface area contributed by atoms with E-state index in [0.717, 1.165) is 24.3 Å². The molecule has 1 saturated heterocycles. The lowest BCUT2D eigenvalue weighted by molar-refractivity contribution is -0.0278. The summed E-state index contributed by atoms with van der Waals surface area (Å²) in [6.07, 6.45) is 0.147. The minimum absolute atomic E-state index is 0.00653. The third kappa shape index (κ3) is 3.09. The number of aromatic amines is 1. The van der Waals surface area contributed by atoms with Crippen molar-refractivity contribution in [3.05, 3.63) is 22.5 Å². The molecule has 1 aromatic heterocycles. The first-order chi connectivity index (χ1) is 9.82. The number of H-pyrrole nitrogens is 1.